The highest BCUT2D eigenvalue weighted by Crippen LogP contribution is 2.33. The summed E-state index contributed by atoms with van der Waals surface area (Å²) in [4.78, 5) is 11.6. The second-order valence-corrected chi connectivity index (χ2v) is 7.66. The van der Waals surface area contributed by atoms with Gasteiger partial charge in [0.15, 0.2) is 0 Å². The van der Waals surface area contributed by atoms with Gasteiger partial charge in [-0.1, -0.05) is 29.8 Å². The molecule has 0 spiro atoms. The summed E-state index contributed by atoms with van der Waals surface area (Å²) in [5.74, 6) is -0.420. The lowest BCUT2D eigenvalue weighted by Crippen LogP contribution is -2.04. The van der Waals surface area contributed by atoms with Crippen molar-refractivity contribution in [3.8, 4) is 23.3 Å². The molecule has 0 saturated carbocycles. The van der Waals surface area contributed by atoms with Crippen LogP contribution in [0.1, 0.15) is 40.6 Å². The number of rotatable bonds is 6. The van der Waals surface area contributed by atoms with Gasteiger partial charge in [-0.3, -0.25) is 0 Å². The number of halogens is 1. The summed E-state index contributed by atoms with van der Waals surface area (Å²) in [6.07, 6.45) is 3.00. The summed E-state index contributed by atoms with van der Waals surface area (Å²) < 4.78 is 7.02. The van der Waals surface area contributed by atoms with Crippen molar-refractivity contribution in [1.29, 1.82) is 10.5 Å². The zero-order valence-electron chi connectivity index (χ0n) is 18.1. The fraction of sp³-hybridized carbons (Fsp3) is 0.192. The SMILES string of the molecule is CCOC(=O)C=Cc1cc(Cn2c(C)c(C#N)c(-c3ccc(C#N)cc3)c2C)ccc1Cl. The van der Waals surface area contributed by atoms with E-state index in [1.807, 2.05) is 38.1 Å². The first-order valence-corrected chi connectivity index (χ1v) is 10.5. The van der Waals surface area contributed by atoms with Crippen LogP contribution in [-0.4, -0.2) is 17.1 Å². The predicted molar refractivity (Wildman–Crippen MR) is 125 cm³/mol. The van der Waals surface area contributed by atoms with E-state index in [-0.39, 0.29) is 0 Å². The van der Waals surface area contributed by atoms with Crippen molar-refractivity contribution in [1.82, 2.24) is 4.57 Å². The predicted octanol–water partition coefficient (Wildman–Crippen LogP) is 5.79. The van der Waals surface area contributed by atoms with Gasteiger partial charge in [-0.2, -0.15) is 10.5 Å². The molecule has 2 aromatic carbocycles. The second kappa shape index (κ2) is 10.0. The van der Waals surface area contributed by atoms with Crippen LogP contribution in [0, 0.1) is 36.5 Å². The number of carbonyl (C=O) groups is 1. The smallest absolute Gasteiger partial charge is 0.330 e. The van der Waals surface area contributed by atoms with Crippen molar-refractivity contribution >= 4 is 23.6 Å². The number of carbonyl (C=O) groups excluding carboxylic acids is 1. The van der Waals surface area contributed by atoms with E-state index >= 15 is 0 Å². The Morgan fingerprint density at radius 1 is 1.09 bits per heavy atom. The Balaban J connectivity index is 1.99. The monoisotopic (exact) mass is 443 g/mol. The molecule has 0 aliphatic heterocycles. The Hall–Kier alpha value is -3.80. The quantitative estimate of drug-likeness (QED) is 0.356. The first-order chi connectivity index (χ1) is 15.4. The third-order valence-corrected chi connectivity index (χ3v) is 5.63. The molecule has 0 bridgehead atoms. The zero-order chi connectivity index (χ0) is 23.3. The first-order valence-electron chi connectivity index (χ1n) is 10.1. The van der Waals surface area contributed by atoms with Crippen molar-refractivity contribution in [2.75, 3.05) is 6.61 Å². The van der Waals surface area contributed by atoms with E-state index in [0.29, 0.717) is 34.9 Å². The topological polar surface area (TPSA) is 78.8 Å². The molecule has 6 heteroatoms. The Bertz CT molecular complexity index is 1270. The molecule has 1 heterocycles. The van der Waals surface area contributed by atoms with Gasteiger partial charge in [0, 0.05) is 34.6 Å². The van der Waals surface area contributed by atoms with Crippen LogP contribution < -0.4 is 0 Å². The van der Waals surface area contributed by atoms with E-state index < -0.39 is 5.97 Å². The van der Waals surface area contributed by atoms with Gasteiger partial charge >= 0.3 is 5.97 Å². The fourth-order valence-corrected chi connectivity index (χ4v) is 3.85. The van der Waals surface area contributed by atoms with Crippen LogP contribution in [0.4, 0.5) is 0 Å². The average Bonchev–Trinajstić information content (AvgIpc) is 3.03. The number of esters is 1. The molecule has 0 unspecified atom stereocenters. The van der Waals surface area contributed by atoms with Crippen LogP contribution in [0.2, 0.25) is 5.02 Å². The molecule has 3 rings (SSSR count). The molecule has 0 fully saturated rings. The lowest BCUT2D eigenvalue weighted by molar-refractivity contribution is -0.137. The Kier molecular flexibility index (Phi) is 7.15. The Morgan fingerprint density at radius 2 is 1.81 bits per heavy atom. The van der Waals surface area contributed by atoms with E-state index in [2.05, 4.69) is 16.7 Å². The molecular formula is C26H22ClN3O2. The van der Waals surface area contributed by atoms with E-state index in [1.165, 1.54) is 6.08 Å². The maximum atomic E-state index is 11.6. The lowest BCUT2D eigenvalue weighted by atomic mass is 10.0. The van der Waals surface area contributed by atoms with Crippen LogP contribution >= 0.6 is 11.6 Å². The largest absolute Gasteiger partial charge is 0.463 e. The van der Waals surface area contributed by atoms with Crippen molar-refractivity contribution in [2.45, 2.75) is 27.3 Å². The second-order valence-electron chi connectivity index (χ2n) is 7.25. The highest BCUT2D eigenvalue weighted by atomic mass is 35.5. The number of benzene rings is 2. The summed E-state index contributed by atoms with van der Waals surface area (Å²) >= 11 is 6.30. The van der Waals surface area contributed by atoms with Crippen LogP contribution in [-0.2, 0) is 16.1 Å². The van der Waals surface area contributed by atoms with E-state index in [0.717, 1.165) is 28.1 Å². The molecule has 0 aliphatic rings. The molecule has 0 atom stereocenters. The molecule has 0 radical (unpaired) electrons. The minimum Gasteiger partial charge on any atom is -0.463 e. The van der Waals surface area contributed by atoms with Gasteiger partial charge in [0.2, 0.25) is 0 Å². The molecule has 0 aliphatic carbocycles. The Morgan fingerprint density at radius 3 is 2.44 bits per heavy atom. The number of hydrogen-bond donors (Lipinski definition) is 0. The molecule has 5 nitrogen and oxygen atoms in total. The number of aromatic nitrogens is 1. The van der Waals surface area contributed by atoms with E-state index in [9.17, 15) is 10.1 Å². The summed E-state index contributed by atoms with van der Waals surface area (Å²) in [5.41, 5.74) is 6.47. The average molecular weight is 444 g/mol. The lowest BCUT2D eigenvalue weighted by Gasteiger charge is -2.11. The van der Waals surface area contributed by atoms with Crippen LogP contribution in [0.15, 0.2) is 48.5 Å². The molecular weight excluding hydrogens is 422 g/mol. The summed E-state index contributed by atoms with van der Waals surface area (Å²) in [6.45, 7) is 6.52. The first kappa shape index (κ1) is 22.9. The minimum absolute atomic E-state index is 0.311. The van der Waals surface area contributed by atoms with Gasteiger partial charge in [0.05, 0.1) is 23.8 Å². The normalized spacial score (nSPS) is 10.7. The standard InChI is InChI=1S/C26H22ClN3O2/c1-4-32-25(31)12-10-22-13-20(7-11-24(22)27)16-30-17(2)23(15-29)26(18(30)3)21-8-5-19(14-28)6-9-21/h5-13H,4,16H2,1-3H3. The summed E-state index contributed by atoms with van der Waals surface area (Å²) in [7, 11) is 0. The number of ether oxygens (including phenoxy) is 1. The minimum atomic E-state index is -0.420. The van der Waals surface area contributed by atoms with Crippen molar-refractivity contribution in [3.63, 3.8) is 0 Å². The maximum Gasteiger partial charge on any atom is 0.330 e. The Labute approximate surface area is 192 Å². The maximum absolute atomic E-state index is 11.6. The molecule has 0 amide bonds. The van der Waals surface area contributed by atoms with Crippen LogP contribution in [0.25, 0.3) is 17.2 Å². The third-order valence-electron chi connectivity index (χ3n) is 5.28. The number of nitriles is 2. The highest BCUT2D eigenvalue weighted by Gasteiger charge is 2.19. The van der Waals surface area contributed by atoms with Crippen LogP contribution in [0.3, 0.4) is 0 Å². The number of nitrogens with zero attached hydrogens (tertiary/aromatic N) is 3. The van der Waals surface area contributed by atoms with Crippen molar-refractivity contribution in [2.24, 2.45) is 0 Å². The zero-order valence-corrected chi connectivity index (χ0v) is 18.9. The van der Waals surface area contributed by atoms with Gasteiger partial charge in [0.1, 0.15) is 6.07 Å². The van der Waals surface area contributed by atoms with E-state index in [1.54, 1.807) is 31.2 Å². The molecule has 3 aromatic rings. The van der Waals surface area contributed by atoms with Crippen molar-refractivity contribution in [3.05, 3.63) is 87.2 Å². The van der Waals surface area contributed by atoms with Gasteiger partial charge in [-0.05, 0) is 67.8 Å². The molecule has 32 heavy (non-hydrogen) atoms. The van der Waals surface area contributed by atoms with Crippen LogP contribution in [0.5, 0.6) is 0 Å². The van der Waals surface area contributed by atoms with Gasteiger partial charge in [-0.25, -0.2) is 4.79 Å². The van der Waals surface area contributed by atoms with Gasteiger partial charge < -0.3 is 9.30 Å². The van der Waals surface area contributed by atoms with Crippen molar-refractivity contribution < 1.29 is 9.53 Å². The molecule has 0 saturated heterocycles. The van der Waals surface area contributed by atoms with Gasteiger partial charge in [0.25, 0.3) is 0 Å². The van der Waals surface area contributed by atoms with E-state index in [4.69, 9.17) is 21.6 Å². The summed E-state index contributed by atoms with van der Waals surface area (Å²) in [5, 5.41) is 19.4. The number of hydrogen-bond acceptors (Lipinski definition) is 4. The molecule has 160 valence electrons. The van der Waals surface area contributed by atoms with Gasteiger partial charge in [-0.15, -0.1) is 0 Å². The third kappa shape index (κ3) is 4.75. The molecule has 0 N–H and O–H groups in total. The fourth-order valence-electron chi connectivity index (χ4n) is 3.67. The molecule has 1 aromatic heterocycles. The summed E-state index contributed by atoms with van der Waals surface area (Å²) in [6, 6.07) is 17.3. The highest BCUT2D eigenvalue weighted by molar-refractivity contribution is 6.32.